The SMILES string of the molecule is CC(=O)N[C@@H](CC(=O)O)C(=O)N[C@@H](CCC(=O)O)C(=O)N[C@H](C(=O)N[C@@H](CCCCN)C(=O)N[C@@H](CC1CCCCC1)C(=O)N[C@@H](CS)C(=O)O)C(c1ccccc1)c1ccccc1. The van der Waals surface area contributed by atoms with Crippen LogP contribution in [0.1, 0.15) is 101 Å². The molecular weight excluding hydrogens is 851 g/mol. The van der Waals surface area contributed by atoms with Gasteiger partial charge in [-0.1, -0.05) is 92.8 Å². The van der Waals surface area contributed by atoms with Gasteiger partial charge in [0.05, 0.1) is 6.42 Å². The predicted octanol–water partition coefficient (Wildman–Crippen LogP) is 1.20. The minimum absolute atomic E-state index is 0.0361. The number of carboxylic acid groups (broad SMARTS) is 3. The van der Waals surface area contributed by atoms with Crippen LogP contribution < -0.4 is 37.6 Å². The van der Waals surface area contributed by atoms with Gasteiger partial charge in [0.15, 0.2) is 0 Å². The van der Waals surface area contributed by atoms with Crippen molar-refractivity contribution in [2.45, 2.75) is 126 Å². The first-order valence-electron chi connectivity index (χ1n) is 21.4. The summed E-state index contributed by atoms with van der Waals surface area (Å²) >= 11 is 4.06. The maximum Gasteiger partial charge on any atom is 0.327 e. The largest absolute Gasteiger partial charge is 0.481 e. The quantitative estimate of drug-likeness (QED) is 0.0444. The first kappa shape index (κ1) is 52.3. The molecule has 19 nitrogen and oxygen atoms in total. The topological polar surface area (TPSA) is 313 Å². The van der Waals surface area contributed by atoms with Crippen LogP contribution in [0.4, 0.5) is 0 Å². The van der Waals surface area contributed by atoms with Crippen LogP contribution in [-0.2, 0) is 43.2 Å². The zero-order valence-electron chi connectivity index (χ0n) is 35.8. The van der Waals surface area contributed by atoms with E-state index in [1.807, 2.05) is 0 Å². The molecule has 2 aromatic carbocycles. The molecule has 3 rings (SSSR count). The van der Waals surface area contributed by atoms with Crippen molar-refractivity contribution in [3.8, 4) is 0 Å². The molecule has 20 heteroatoms. The summed E-state index contributed by atoms with van der Waals surface area (Å²) in [5.74, 6) is -10.4. The highest BCUT2D eigenvalue weighted by atomic mass is 32.1. The molecule has 6 atom stereocenters. The van der Waals surface area contributed by atoms with Gasteiger partial charge in [0.25, 0.3) is 0 Å². The van der Waals surface area contributed by atoms with Gasteiger partial charge in [-0.2, -0.15) is 12.6 Å². The molecule has 0 saturated heterocycles. The van der Waals surface area contributed by atoms with Crippen molar-refractivity contribution in [2.24, 2.45) is 11.7 Å². The number of aliphatic carboxylic acids is 3. The maximum absolute atomic E-state index is 14.9. The van der Waals surface area contributed by atoms with Crippen molar-refractivity contribution >= 4 is 66.0 Å². The number of hydrogen-bond acceptors (Lipinski definition) is 11. The number of amides is 6. The highest BCUT2D eigenvalue weighted by Crippen LogP contribution is 2.30. The number of carbonyl (C=O) groups is 9. The van der Waals surface area contributed by atoms with Crippen LogP contribution in [0, 0.1) is 5.92 Å². The van der Waals surface area contributed by atoms with E-state index in [1.165, 1.54) is 0 Å². The van der Waals surface area contributed by atoms with Gasteiger partial charge in [-0.15, -0.1) is 0 Å². The van der Waals surface area contributed by atoms with Gasteiger partial charge >= 0.3 is 17.9 Å². The van der Waals surface area contributed by atoms with E-state index in [0.29, 0.717) is 24.0 Å². The average Bonchev–Trinajstić information content (AvgIpc) is 3.26. The fraction of sp³-hybridized carbons (Fsp3) is 0.523. The van der Waals surface area contributed by atoms with Crippen molar-refractivity contribution in [1.82, 2.24) is 31.9 Å². The first-order valence-corrected chi connectivity index (χ1v) is 22.0. The lowest BCUT2D eigenvalue weighted by Crippen LogP contribution is -2.60. The lowest BCUT2D eigenvalue weighted by Gasteiger charge is -2.32. The third kappa shape index (κ3) is 17.6. The smallest absolute Gasteiger partial charge is 0.327 e. The zero-order chi connectivity index (χ0) is 47.2. The molecule has 64 heavy (non-hydrogen) atoms. The summed E-state index contributed by atoms with van der Waals surface area (Å²) < 4.78 is 0. The number of rotatable bonds is 27. The lowest BCUT2D eigenvalue weighted by molar-refractivity contribution is -0.142. The van der Waals surface area contributed by atoms with Crippen molar-refractivity contribution < 1.29 is 58.5 Å². The van der Waals surface area contributed by atoms with E-state index in [2.05, 4.69) is 44.5 Å². The molecule has 0 heterocycles. The Bertz CT molecular complexity index is 1850. The molecule has 1 aliphatic rings. The molecule has 1 aliphatic carbocycles. The van der Waals surface area contributed by atoms with Gasteiger partial charge in [-0.05, 0) is 55.7 Å². The van der Waals surface area contributed by atoms with Gasteiger partial charge in [0.1, 0.15) is 36.3 Å². The number of benzene rings is 2. The first-order chi connectivity index (χ1) is 30.5. The molecule has 0 unspecified atom stereocenters. The molecule has 0 spiro atoms. The third-order valence-electron chi connectivity index (χ3n) is 10.9. The van der Waals surface area contributed by atoms with Crippen LogP contribution in [0.5, 0.6) is 0 Å². The number of unbranched alkanes of at least 4 members (excludes halogenated alkanes) is 1. The van der Waals surface area contributed by atoms with Crippen LogP contribution in [0.25, 0.3) is 0 Å². The van der Waals surface area contributed by atoms with E-state index >= 15 is 0 Å². The Labute approximate surface area is 377 Å². The zero-order valence-corrected chi connectivity index (χ0v) is 36.7. The highest BCUT2D eigenvalue weighted by Gasteiger charge is 2.38. The van der Waals surface area contributed by atoms with Crippen LogP contribution in [-0.4, -0.2) is 117 Å². The number of nitrogens with one attached hydrogen (secondary N) is 6. The maximum atomic E-state index is 14.9. The summed E-state index contributed by atoms with van der Waals surface area (Å²) in [4.78, 5) is 118. The van der Waals surface area contributed by atoms with Crippen molar-refractivity contribution in [3.05, 3.63) is 71.8 Å². The van der Waals surface area contributed by atoms with Crippen LogP contribution in [0.2, 0.25) is 0 Å². The Kier molecular flexibility index (Phi) is 22.3. The van der Waals surface area contributed by atoms with Crippen molar-refractivity contribution in [1.29, 1.82) is 0 Å². The van der Waals surface area contributed by atoms with E-state index < -0.39 is 115 Å². The molecule has 2 aromatic rings. The molecule has 350 valence electrons. The standard InChI is InChI=1S/C44H61N7O12S/c1-26(52)46-33(24-36(55)56)42(60)47-31(20-21-35(53)54)40(58)51-38(37(28-15-7-3-8-16-28)29-17-9-4-10-18-29)43(61)48-30(19-11-12-22-45)39(57)49-32(23-27-13-5-2-6-14-27)41(59)50-34(25-64)44(62)63/h3-4,7-10,15-18,27,30-34,37-38,64H,2,5-6,11-14,19-25,45H2,1H3,(H,46,52)(H,47,60)(H,48,61)(H,49,57)(H,50,59)(H,51,58)(H,53,54)(H,55,56)(H,62,63)/t30-,31-,32-,33-,34-,38-/m0/s1. The fourth-order valence-corrected chi connectivity index (χ4v) is 7.88. The second-order valence-corrected chi connectivity index (χ2v) is 16.2. The van der Waals surface area contributed by atoms with Crippen molar-refractivity contribution in [3.63, 3.8) is 0 Å². The Morgan fingerprint density at radius 3 is 1.62 bits per heavy atom. The Morgan fingerprint density at radius 1 is 0.609 bits per heavy atom. The van der Waals surface area contributed by atoms with Crippen molar-refractivity contribution in [2.75, 3.05) is 12.3 Å². The Balaban J connectivity index is 2.09. The second-order valence-electron chi connectivity index (χ2n) is 15.9. The van der Waals surface area contributed by atoms with Gasteiger partial charge in [0, 0.05) is 25.0 Å². The molecule has 6 amide bonds. The minimum Gasteiger partial charge on any atom is -0.481 e. The van der Waals surface area contributed by atoms with Gasteiger partial charge < -0.3 is 53.0 Å². The lowest BCUT2D eigenvalue weighted by atomic mass is 9.84. The number of carboxylic acids is 3. The molecule has 1 saturated carbocycles. The van der Waals surface area contributed by atoms with Gasteiger partial charge in [-0.25, -0.2) is 4.79 Å². The third-order valence-corrected chi connectivity index (χ3v) is 11.3. The van der Waals surface area contributed by atoms with Gasteiger partial charge in [-0.3, -0.25) is 38.4 Å². The minimum atomic E-state index is -1.66. The van der Waals surface area contributed by atoms with Crippen LogP contribution in [0.15, 0.2) is 60.7 Å². The normalized spacial score (nSPS) is 15.5. The highest BCUT2D eigenvalue weighted by molar-refractivity contribution is 7.80. The second kappa shape index (κ2) is 27.2. The van der Waals surface area contributed by atoms with E-state index in [9.17, 15) is 58.5 Å². The predicted molar refractivity (Wildman–Crippen MR) is 237 cm³/mol. The summed E-state index contributed by atoms with van der Waals surface area (Å²) in [5.41, 5.74) is 6.86. The molecule has 0 radical (unpaired) electrons. The fourth-order valence-electron chi connectivity index (χ4n) is 7.63. The number of carbonyl (C=O) groups excluding carboxylic acids is 6. The summed E-state index contributed by atoms with van der Waals surface area (Å²) in [5, 5.41) is 43.8. The summed E-state index contributed by atoms with van der Waals surface area (Å²) in [6, 6.07) is 8.51. The molecule has 1 fully saturated rings. The Morgan fingerprint density at radius 2 is 1.11 bits per heavy atom. The van der Waals surface area contributed by atoms with Crippen LogP contribution in [0.3, 0.4) is 0 Å². The molecule has 0 aromatic heterocycles. The number of nitrogens with two attached hydrogens (primary N) is 1. The molecule has 0 bridgehead atoms. The monoisotopic (exact) mass is 911 g/mol. The summed E-state index contributed by atoms with van der Waals surface area (Å²) in [6.45, 7) is 1.32. The van der Waals surface area contributed by atoms with E-state index in [4.69, 9.17) is 5.73 Å². The molecule has 11 N–H and O–H groups in total. The number of thiol groups is 1. The summed E-state index contributed by atoms with van der Waals surface area (Å²) in [6.07, 6.45) is 3.52. The number of hydrogen-bond donors (Lipinski definition) is 11. The van der Waals surface area contributed by atoms with E-state index in [-0.39, 0.29) is 31.1 Å². The van der Waals surface area contributed by atoms with E-state index in [1.54, 1.807) is 60.7 Å². The van der Waals surface area contributed by atoms with Gasteiger partial charge in [0.2, 0.25) is 35.4 Å². The van der Waals surface area contributed by atoms with E-state index in [0.717, 1.165) is 39.0 Å². The average molecular weight is 912 g/mol. The molecular formula is C44H61N7O12S. The molecule has 0 aliphatic heterocycles. The van der Waals surface area contributed by atoms with Crippen LogP contribution >= 0.6 is 12.6 Å². The Hall–Kier alpha value is -6.02. The summed E-state index contributed by atoms with van der Waals surface area (Å²) in [7, 11) is 0.